The van der Waals surface area contributed by atoms with E-state index in [1.807, 2.05) is 24.4 Å². The van der Waals surface area contributed by atoms with Crippen LogP contribution in [-0.2, 0) is 0 Å². The van der Waals surface area contributed by atoms with Crippen molar-refractivity contribution in [3.63, 3.8) is 0 Å². The lowest BCUT2D eigenvalue weighted by Crippen LogP contribution is -2.26. The molecule has 0 saturated carbocycles. The number of benzene rings is 1. The van der Waals surface area contributed by atoms with Crippen LogP contribution in [-0.4, -0.2) is 37.6 Å². The maximum absolute atomic E-state index is 4.31. The lowest BCUT2D eigenvalue weighted by atomic mass is 10.2. The molecule has 52 valence electrons. The van der Waals surface area contributed by atoms with E-state index in [1.54, 1.807) is 0 Å². The standard InChI is InChI=1S/C9H5N.2Al/c1-2-6-9-8(4-1)5-3-7-10-9;;/h1-2,4,6-7H;;. The highest BCUT2D eigenvalue weighted by Gasteiger charge is 1.96. The number of nitrogens with zero attached hydrogens (tertiary/aromatic N) is 1. The number of rotatable bonds is 0. The van der Waals surface area contributed by atoms with Crippen molar-refractivity contribution >= 4 is 52.3 Å². The third-order valence-corrected chi connectivity index (χ3v) is 3.29. The van der Waals surface area contributed by atoms with Crippen LogP contribution in [0.5, 0.6) is 0 Å². The Labute approximate surface area is 87.7 Å². The van der Waals surface area contributed by atoms with Crippen molar-refractivity contribution in [2.75, 3.05) is 0 Å². The molecule has 0 atom stereocenters. The Hall–Kier alpha value is -0.305. The maximum Gasteiger partial charge on any atom is 0.176 e. The van der Waals surface area contributed by atoms with Gasteiger partial charge in [0.15, 0.2) is 32.6 Å². The molecule has 1 heterocycles. The number of fused-ring (bicyclic) bond motifs is 1. The molecule has 2 rings (SSSR count). The van der Waals surface area contributed by atoms with Gasteiger partial charge in [0.2, 0.25) is 0 Å². The zero-order valence-electron chi connectivity index (χ0n) is 6.49. The summed E-state index contributed by atoms with van der Waals surface area (Å²) in [5, 5.41) is 1.20. The Morgan fingerprint density at radius 2 is 1.83 bits per heavy atom. The highest BCUT2D eigenvalue weighted by atomic mass is 27.1. The fraction of sp³-hybridized carbons (Fsp3) is 0. The van der Waals surface area contributed by atoms with Gasteiger partial charge in [0.25, 0.3) is 0 Å². The van der Waals surface area contributed by atoms with Gasteiger partial charge in [-0.15, -0.1) is 8.85 Å². The van der Waals surface area contributed by atoms with E-state index in [1.165, 1.54) is 9.81 Å². The second-order valence-corrected chi connectivity index (χ2v) is 3.84. The smallest absolute Gasteiger partial charge is 0.176 e. The van der Waals surface area contributed by atoms with Gasteiger partial charge in [0.05, 0.1) is 5.52 Å². The quantitative estimate of drug-likeness (QED) is 0.514. The summed E-state index contributed by atoms with van der Waals surface area (Å²) in [6.45, 7) is 0. The van der Waals surface area contributed by atoms with E-state index in [0.29, 0.717) is 0 Å². The van der Waals surface area contributed by atoms with E-state index in [2.05, 4.69) is 43.6 Å². The van der Waals surface area contributed by atoms with Crippen LogP contribution in [0.1, 0.15) is 0 Å². The Morgan fingerprint density at radius 1 is 1.08 bits per heavy atom. The van der Waals surface area contributed by atoms with Crippen LogP contribution in [0.25, 0.3) is 10.9 Å². The van der Waals surface area contributed by atoms with Crippen molar-refractivity contribution in [2.45, 2.75) is 0 Å². The van der Waals surface area contributed by atoms with E-state index in [-0.39, 0.29) is 0 Å². The first kappa shape index (κ1) is 8.30. The highest BCUT2D eigenvalue weighted by Crippen LogP contribution is 2.04. The molecule has 0 saturated heterocycles. The van der Waals surface area contributed by atoms with Crippen molar-refractivity contribution in [3.8, 4) is 0 Å². The average Bonchev–Trinajstić information content (AvgIpc) is 2.12. The van der Waals surface area contributed by atoms with Gasteiger partial charge in [-0.05, 0) is 11.5 Å². The van der Waals surface area contributed by atoms with Crippen LogP contribution in [0.2, 0.25) is 0 Å². The van der Waals surface area contributed by atoms with Crippen molar-refractivity contribution in [1.82, 2.24) is 4.98 Å². The average molecular weight is 181 g/mol. The van der Waals surface area contributed by atoms with Crippen LogP contribution in [0.4, 0.5) is 0 Å². The lowest BCUT2D eigenvalue weighted by Gasteiger charge is -2.05. The van der Waals surface area contributed by atoms with Crippen molar-refractivity contribution in [3.05, 3.63) is 30.5 Å². The number of pyridine rings is 1. The van der Waals surface area contributed by atoms with Gasteiger partial charge in [0, 0.05) is 6.20 Å². The van der Waals surface area contributed by atoms with Crippen LogP contribution in [0.3, 0.4) is 0 Å². The number of hydrogen-bond donors (Lipinski definition) is 0. The SMILES string of the molecule is [Al][c]1cnc2ccccc2[c]1[Al]. The minimum Gasteiger partial charge on any atom is -0.258 e. The monoisotopic (exact) mass is 181 g/mol. The van der Waals surface area contributed by atoms with Crippen LogP contribution < -0.4 is 8.85 Å². The molecular formula is C9H5Al2N. The molecule has 0 N–H and O–H groups in total. The summed E-state index contributed by atoms with van der Waals surface area (Å²) in [4.78, 5) is 4.31. The number of aromatic nitrogens is 1. The molecule has 12 heavy (non-hydrogen) atoms. The Bertz CT molecular complexity index is 426. The number of hydrogen-bond acceptors (Lipinski definition) is 1. The Kier molecular flexibility index (Phi) is 2.22. The van der Waals surface area contributed by atoms with E-state index in [0.717, 1.165) is 9.94 Å². The van der Waals surface area contributed by atoms with Crippen molar-refractivity contribution < 1.29 is 0 Å². The first-order valence-electron chi connectivity index (χ1n) is 3.68. The fourth-order valence-corrected chi connectivity index (χ4v) is 1.73. The summed E-state index contributed by atoms with van der Waals surface area (Å²) in [5.74, 6) is 0. The predicted octanol–water partition coefficient (Wildman–Crippen LogP) is -0.178. The number of para-hydroxylation sites is 1. The minimum atomic E-state index is 1.05. The molecule has 0 aliphatic rings. The molecule has 2 aromatic rings. The largest absolute Gasteiger partial charge is 0.258 e. The Morgan fingerprint density at radius 3 is 2.67 bits per heavy atom. The molecule has 1 aromatic heterocycles. The predicted molar refractivity (Wildman–Crippen MR) is 52.5 cm³/mol. The molecule has 0 spiro atoms. The zero-order chi connectivity index (χ0) is 8.55. The molecule has 4 radical (unpaired) electrons. The molecular weight excluding hydrogens is 176 g/mol. The van der Waals surface area contributed by atoms with E-state index < -0.39 is 0 Å². The second kappa shape index (κ2) is 3.21. The normalized spacial score (nSPS) is 10.3. The van der Waals surface area contributed by atoms with Crippen LogP contribution in [0.15, 0.2) is 30.5 Å². The topological polar surface area (TPSA) is 12.9 Å². The first-order chi connectivity index (χ1) is 5.79. The summed E-state index contributed by atoms with van der Waals surface area (Å²) >= 11 is 5.42. The van der Waals surface area contributed by atoms with E-state index in [9.17, 15) is 0 Å². The molecule has 1 aromatic carbocycles. The molecule has 3 heteroatoms. The molecule has 0 amide bonds. The fourth-order valence-electron chi connectivity index (χ4n) is 1.18. The van der Waals surface area contributed by atoms with E-state index in [4.69, 9.17) is 0 Å². The minimum absolute atomic E-state index is 1.05. The van der Waals surface area contributed by atoms with Crippen molar-refractivity contribution in [2.24, 2.45) is 0 Å². The highest BCUT2D eigenvalue weighted by molar-refractivity contribution is 6.52. The molecule has 0 bridgehead atoms. The zero-order valence-corrected chi connectivity index (χ0v) is 8.80. The molecule has 0 fully saturated rings. The third kappa shape index (κ3) is 1.31. The van der Waals surface area contributed by atoms with E-state index >= 15 is 0 Å². The maximum atomic E-state index is 4.31. The summed E-state index contributed by atoms with van der Waals surface area (Å²) in [6, 6.07) is 8.13. The van der Waals surface area contributed by atoms with Gasteiger partial charge < -0.3 is 0 Å². The second-order valence-electron chi connectivity index (χ2n) is 2.64. The van der Waals surface area contributed by atoms with Crippen molar-refractivity contribution in [1.29, 1.82) is 0 Å². The van der Waals surface area contributed by atoms with Crippen LogP contribution >= 0.6 is 0 Å². The third-order valence-electron chi connectivity index (χ3n) is 1.85. The summed E-state index contributed by atoms with van der Waals surface area (Å²) in [6.07, 6.45) is 1.87. The Balaban J connectivity index is 2.91. The van der Waals surface area contributed by atoms with Gasteiger partial charge in [-0.1, -0.05) is 18.2 Å². The van der Waals surface area contributed by atoms with Gasteiger partial charge in [-0.3, -0.25) is 4.98 Å². The first-order valence-corrected chi connectivity index (χ1v) is 4.83. The molecule has 1 nitrogen and oxygen atoms in total. The molecule has 0 unspecified atom stereocenters. The summed E-state index contributed by atoms with van der Waals surface area (Å²) in [5.41, 5.74) is 1.05. The van der Waals surface area contributed by atoms with Gasteiger partial charge in [0.1, 0.15) is 0 Å². The van der Waals surface area contributed by atoms with Gasteiger partial charge in [-0.25, -0.2) is 0 Å². The van der Waals surface area contributed by atoms with Crippen LogP contribution in [0, 0.1) is 0 Å². The van der Waals surface area contributed by atoms with Gasteiger partial charge in [-0.2, -0.15) is 0 Å². The van der Waals surface area contributed by atoms with Gasteiger partial charge >= 0.3 is 0 Å². The lowest BCUT2D eigenvalue weighted by molar-refractivity contribution is 1.44. The summed E-state index contributed by atoms with van der Waals surface area (Å²) < 4.78 is 2.35. The summed E-state index contributed by atoms with van der Waals surface area (Å²) in [7, 11) is 0. The molecule has 0 aliphatic carbocycles. The molecule has 0 aliphatic heterocycles.